The minimum atomic E-state index is -3.77. The number of nitrogens with zero attached hydrogens (tertiary/aromatic N) is 2. The van der Waals surface area contributed by atoms with Crippen LogP contribution in [-0.2, 0) is 31.4 Å². The van der Waals surface area contributed by atoms with Crippen LogP contribution in [-0.4, -0.2) is 55.5 Å². The first-order valence-electron chi connectivity index (χ1n) is 14.0. The van der Waals surface area contributed by atoms with E-state index in [0.717, 1.165) is 35.0 Å². The van der Waals surface area contributed by atoms with E-state index in [2.05, 4.69) is 4.72 Å². The molecule has 1 aliphatic heterocycles. The number of hydrogen-bond donors (Lipinski definition) is 1. The molecule has 2 heterocycles. The molecule has 1 saturated carbocycles. The van der Waals surface area contributed by atoms with Crippen molar-refractivity contribution in [3.63, 3.8) is 0 Å². The molecule has 1 amide bonds. The molecule has 8 nitrogen and oxygen atoms in total. The van der Waals surface area contributed by atoms with Gasteiger partial charge in [0.2, 0.25) is 15.9 Å². The molecule has 0 radical (unpaired) electrons. The van der Waals surface area contributed by atoms with E-state index in [1.165, 1.54) is 12.1 Å². The summed E-state index contributed by atoms with van der Waals surface area (Å²) in [5, 5.41) is 0.891. The van der Waals surface area contributed by atoms with Crippen molar-refractivity contribution < 1.29 is 27.1 Å². The van der Waals surface area contributed by atoms with Crippen molar-refractivity contribution in [2.24, 2.45) is 18.9 Å². The number of benzene rings is 2. The summed E-state index contributed by atoms with van der Waals surface area (Å²) in [5.74, 6) is -0.922. The Morgan fingerprint density at radius 1 is 1.00 bits per heavy atom. The molecule has 10 heteroatoms. The first-order valence-corrected chi connectivity index (χ1v) is 15.5. The predicted molar refractivity (Wildman–Crippen MR) is 150 cm³/mol. The molecule has 2 aromatic carbocycles. The van der Waals surface area contributed by atoms with Crippen LogP contribution in [0.25, 0.3) is 22.2 Å². The zero-order valence-corrected chi connectivity index (χ0v) is 23.8. The fraction of sp³-hybridized carbons (Fsp3) is 0.467. The predicted octanol–water partition coefficient (Wildman–Crippen LogP) is 4.62. The quantitative estimate of drug-likeness (QED) is 0.419. The number of aryl methyl sites for hydroxylation is 1. The molecule has 3 aromatic rings. The number of carbonyl (C=O) groups is 2. The van der Waals surface area contributed by atoms with Crippen molar-refractivity contribution in [1.82, 2.24) is 14.2 Å². The fourth-order valence-corrected chi connectivity index (χ4v) is 7.33. The second kappa shape index (κ2) is 11.7. The number of carbonyl (C=O) groups excluding carboxylic acids is 2. The smallest absolute Gasteiger partial charge is 0.310 e. The van der Waals surface area contributed by atoms with Crippen LogP contribution in [0.5, 0.6) is 0 Å². The van der Waals surface area contributed by atoms with Crippen molar-refractivity contribution in [2.45, 2.75) is 56.4 Å². The van der Waals surface area contributed by atoms with Gasteiger partial charge in [0, 0.05) is 48.7 Å². The number of ether oxygens (including phenoxy) is 1. The van der Waals surface area contributed by atoms with Crippen LogP contribution >= 0.6 is 0 Å². The summed E-state index contributed by atoms with van der Waals surface area (Å²) in [6, 6.07) is 13.0. The molecule has 2 aliphatic rings. The van der Waals surface area contributed by atoms with Crippen molar-refractivity contribution in [1.29, 1.82) is 0 Å². The van der Waals surface area contributed by atoms with Gasteiger partial charge in [-0.25, -0.2) is 17.5 Å². The molecular formula is C30H36FN3O5S. The van der Waals surface area contributed by atoms with Gasteiger partial charge in [-0.3, -0.25) is 9.59 Å². The summed E-state index contributed by atoms with van der Waals surface area (Å²) in [6.45, 7) is 3.15. The average molecular weight is 570 g/mol. The van der Waals surface area contributed by atoms with Gasteiger partial charge in [0.1, 0.15) is 5.82 Å². The summed E-state index contributed by atoms with van der Waals surface area (Å²) in [5.41, 5.74) is 2.47. The third-order valence-corrected chi connectivity index (χ3v) is 9.74. The monoisotopic (exact) mass is 569 g/mol. The van der Waals surface area contributed by atoms with Crippen molar-refractivity contribution in [3.05, 3.63) is 54.3 Å². The van der Waals surface area contributed by atoms with Gasteiger partial charge in [0.05, 0.1) is 17.4 Å². The van der Waals surface area contributed by atoms with Crippen LogP contribution in [0.3, 0.4) is 0 Å². The lowest BCUT2D eigenvalue weighted by Gasteiger charge is -2.36. The van der Waals surface area contributed by atoms with Crippen molar-refractivity contribution in [2.75, 3.05) is 19.7 Å². The Morgan fingerprint density at radius 2 is 1.73 bits per heavy atom. The van der Waals surface area contributed by atoms with Gasteiger partial charge in [-0.15, -0.1) is 0 Å². The van der Waals surface area contributed by atoms with E-state index < -0.39 is 10.0 Å². The number of likely N-dealkylation sites (tertiary alicyclic amines) is 1. The van der Waals surface area contributed by atoms with E-state index in [0.29, 0.717) is 45.4 Å². The molecule has 1 unspecified atom stereocenters. The Balaban J connectivity index is 1.21. The maximum Gasteiger partial charge on any atom is 0.310 e. The lowest BCUT2D eigenvalue weighted by Crippen LogP contribution is -2.47. The Bertz CT molecular complexity index is 1490. The van der Waals surface area contributed by atoms with Crippen molar-refractivity contribution in [3.8, 4) is 11.3 Å². The summed E-state index contributed by atoms with van der Waals surface area (Å²) in [4.78, 5) is 27.3. The third kappa shape index (κ3) is 5.93. The summed E-state index contributed by atoms with van der Waals surface area (Å²) >= 11 is 0. The summed E-state index contributed by atoms with van der Waals surface area (Å²) < 4.78 is 49.9. The second-order valence-corrected chi connectivity index (χ2v) is 12.6. The number of hydrogen-bond acceptors (Lipinski definition) is 5. The standard InChI is InChI=1S/C30H36FN3O5S/c1-3-39-30(36)23-5-4-16-34(19-23)29(35)21-8-13-25(14-9-21)32-40(37,38)26-15-10-22-17-27(33(2)28(22)18-26)20-6-11-24(31)12-7-20/h6-7,10-12,15,17-18,21,23,25,32H,3-5,8-9,13-14,16,19H2,1-2H3. The zero-order chi connectivity index (χ0) is 28.4. The SMILES string of the molecule is CCOC(=O)C1CCCN(C(=O)C2CCC(NS(=O)(=O)c3ccc4cc(-c5ccc(F)cc5)n(C)c4c3)CC2)C1. The molecule has 0 spiro atoms. The van der Waals surface area contributed by atoms with Crippen LogP contribution in [0.15, 0.2) is 53.4 Å². The zero-order valence-electron chi connectivity index (χ0n) is 22.9. The molecule has 1 aromatic heterocycles. The van der Waals surface area contributed by atoms with Crippen LogP contribution in [0.4, 0.5) is 4.39 Å². The highest BCUT2D eigenvalue weighted by Gasteiger charge is 2.35. The number of nitrogens with one attached hydrogen (secondary N) is 1. The van der Waals surface area contributed by atoms with Crippen LogP contribution in [0, 0.1) is 17.7 Å². The van der Waals surface area contributed by atoms with Crippen molar-refractivity contribution >= 4 is 32.8 Å². The number of aromatic nitrogens is 1. The third-order valence-electron chi connectivity index (χ3n) is 8.22. The molecule has 40 heavy (non-hydrogen) atoms. The maximum atomic E-state index is 13.4. The highest BCUT2D eigenvalue weighted by atomic mass is 32.2. The maximum absolute atomic E-state index is 13.4. The molecule has 2 fully saturated rings. The van der Waals surface area contributed by atoms with Gasteiger partial charge < -0.3 is 14.2 Å². The molecule has 214 valence electrons. The van der Waals surface area contributed by atoms with E-state index in [1.54, 1.807) is 42.2 Å². The number of esters is 1. The van der Waals surface area contributed by atoms with E-state index >= 15 is 0 Å². The average Bonchev–Trinajstić information content (AvgIpc) is 3.29. The first kappa shape index (κ1) is 28.3. The van der Waals surface area contributed by atoms with Crippen LogP contribution in [0.1, 0.15) is 45.4 Å². The first-order chi connectivity index (χ1) is 19.2. The summed E-state index contributed by atoms with van der Waals surface area (Å²) in [7, 11) is -1.91. The minimum absolute atomic E-state index is 0.0569. The number of halogens is 1. The molecule has 1 N–H and O–H groups in total. The van der Waals surface area contributed by atoms with Gasteiger partial charge in [-0.1, -0.05) is 6.07 Å². The molecule has 5 rings (SSSR count). The second-order valence-electron chi connectivity index (χ2n) is 10.9. The minimum Gasteiger partial charge on any atom is -0.466 e. The van der Waals surface area contributed by atoms with Crippen LogP contribution < -0.4 is 4.72 Å². The van der Waals surface area contributed by atoms with E-state index in [1.807, 2.05) is 17.7 Å². The number of piperidine rings is 1. The topological polar surface area (TPSA) is 97.7 Å². The van der Waals surface area contributed by atoms with Crippen LogP contribution in [0.2, 0.25) is 0 Å². The molecule has 1 atom stereocenters. The molecular weight excluding hydrogens is 533 g/mol. The number of fused-ring (bicyclic) bond motifs is 1. The van der Waals surface area contributed by atoms with Gasteiger partial charge >= 0.3 is 5.97 Å². The van der Waals surface area contributed by atoms with Gasteiger partial charge in [-0.05, 0) is 93.5 Å². The Hall–Kier alpha value is -3.24. The highest BCUT2D eigenvalue weighted by Crippen LogP contribution is 2.31. The Labute approximate surface area is 234 Å². The Morgan fingerprint density at radius 3 is 2.42 bits per heavy atom. The Kier molecular flexibility index (Phi) is 8.28. The lowest BCUT2D eigenvalue weighted by atomic mass is 9.85. The van der Waals surface area contributed by atoms with Gasteiger partial charge in [0.25, 0.3) is 0 Å². The van der Waals surface area contributed by atoms with E-state index in [4.69, 9.17) is 4.74 Å². The lowest BCUT2D eigenvalue weighted by molar-refractivity contribution is -0.152. The molecule has 1 saturated heterocycles. The number of amides is 1. The fourth-order valence-electron chi connectivity index (χ4n) is 6.01. The van der Waals surface area contributed by atoms with Gasteiger partial charge in [0.15, 0.2) is 0 Å². The molecule has 1 aliphatic carbocycles. The molecule has 0 bridgehead atoms. The summed E-state index contributed by atoms with van der Waals surface area (Å²) in [6.07, 6.45) is 3.87. The van der Waals surface area contributed by atoms with E-state index in [-0.39, 0.29) is 40.5 Å². The van der Waals surface area contributed by atoms with Gasteiger partial charge in [-0.2, -0.15) is 0 Å². The highest BCUT2D eigenvalue weighted by molar-refractivity contribution is 7.89. The number of rotatable bonds is 7. The number of sulfonamides is 1. The normalized spacial score (nSPS) is 21.9. The van der Waals surface area contributed by atoms with E-state index in [9.17, 15) is 22.4 Å². The largest absolute Gasteiger partial charge is 0.466 e.